The molecule has 0 spiro atoms. The highest BCUT2D eigenvalue weighted by Crippen LogP contribution is 2.15. The van der Waals surface area contributed by atoms with E-state index in [9.17, 15) is 9.59 Å². The number of unbranched alkanes of at least 4 members (excludes halogenated alkanes) is 1. The Morgan fingerprint density at radius 2 is 2.00 bits per heavy atom. The minimum Gasteiger partial charge on any atom is -0.494 e. The van der Waals surface area contributed by atoms with E-state index in [2.05, 4.69) is 0 Å². The molecule has 0 aromatic heterocycles. The molecule has 0 N–H and O–H groups in total. The minimum absolute atomic E-state index is 0.131. The van der Waals surface area contributed by atoms with Gasteiger partial charge in [0.25, 0.3) is 0 Å². The van der Waals surface area contributed by atoms with Crippen molar-refractivity contribution in [2.24, 2.45) is 5.92 Å². The lowest BCUT2D eigenvalue weighted by Crippen LogP contribution is -2.24. The number of esters is 1. The number of aryl methyl sites for hydroxylation is 1. The van der Waals surface area contributed by atoms with Crippen molar-refractivity contribution in [1.29, 1.82) is 0 Å². The summed E-state index contributed by atoms with van der Waals surface area (Å²) in [6, 6.07) is 7.88. The van der Waals surface area contributed by atoms with Gasteiger partial charge in [-0.2, -0.15) is 0 Å². The summed E-state index contributed by atoms with van der Waals surface area (Å²) in [6.07, 6.45) is 2.08. The topological polar surface area (TPSA) is 52.6 Å². The average molecular weight is 292 g/mol. The molecule has 0 bridgehead atoms. The van der Waals surface area contributed by atoms with Crippen LogP contribution in [0.1, 0.15) is 38.7 Å². The summed E-state index contributed by atoms with van der Waals surface area (Å²) in [4.78, 5) is 23.1. The van der Waals surface area contributed by atoms with Gasteiger partial charge in [0.15, 0.2) is 0 Å². The highest BCUT2D eigenvalue weighted by molar-refractivity contribution is 5.97. The normalized spacial score (nSPS) is 11.8. The third-order valence-corrected chi connectivity index (χ3v) is 3.21. The van der Waals surface area contributed by atoms with Gasteiger partial charge in [-0.05, 0) is 57.7 Å². The molecule has 21 heavy (non-hydrogen) atoms. The van der Waals surface area contributed by atoms with Crippen LogP contribution in [0.25, 0.3) is 0 Å². The lowest BCUT2D eigenvalue weighted by Gasteiger charge is -2.12. The lowest BCUT2D eigenvalue weighted by atomic mass is 9.98. The summed E-state index contributed by atoms with van der Waals surface area (Å²) in [5.74, 6) is -0.329. The first-order chi connectivity index (χ1) is 10.0. The first-order valence-electron chi connectivity index (χ1n) is 7.41. The lowest BCUT2D eigenvalue weighted by molar-refractivity contribution is -0.151. The van der Waals surface area contributed by atoms with Crippen LogP contribution in [-0.4, -0.2) is 25.0 Å². The number of benzene rings is 1. The van der Waals surface area contributed by atoms with E-state index in [0.29, 0.717) is 19.6 Å². The monoisotopic (exact) mass is 292 g/mol. The predicted molar refractivity (Wildman–Crippen MR) is 81.3 cm³/mol. The predicted octanol–water partition coefficient (Wildman–Crippen LogP) is 3.31. The largest absolute Gasteiger partial charge is 0.494 e. The molecule has 0 heterocycles. The van der Waals surface area contributed by atoms with Gasteiger partial charge in [-0.25, -0.2) is 0 Å². The molecule has 4 heteroatoms. The van der Waals surface area contributed by atoms with E-state index in [0.717, 1.165) is 24.2 Å². The maximum Gasteiger partial charge on any atom is 0.316 e. The summed E-state index contributed by atoms with van der Waals surface area (Å²) in [5.41, 5.74) is 1.16. The molecule has 1 atom stereocenters. The molecule has 0 aliphatic rings. The molecular weight excluding hydrogens is 268 g/mol. The fourth-order valence-electron chi connectivity index (χ4n) is 2.08. The van der Waals surface area contributed by atoms with Crippen molar-refractivity contribution >= 4 is 11.8 Å². The fourth-order valence-corrected chi connectivity index (χ4v) is 2.08. The second-order valence-corrected chi connectivity index (χ2v) is 5.08. The zero-order valence-electron chi connectivity index (χ0n) is 13.1. The zero-order chi connectivity index (χ0) is 15.7. The number of carbonyl (C=O) groups excluding carboxylic acids is 2. The molecule has 0 amide bonds. The molecule has 1 rings (SSSR count). The van der Waals surface area contributed by atoms with Crippen molar-refractivity contribution in [1.82, 2.24) is 0 Å². The Labute approximate surface area is 126 Å². The van der Waals surface area contributed by atoms with Crippen molar-refractivity contribution in [2.75, 3.05) is 13.2 Å². The van der Waals surface area contributed by atoms with E-state index in [1.165, 1.54) is 6.92 Å². The number of rotatable bonds is 9. The maximum absolute atomic E-state index is 11.6. The number of ether oxygens (including phenoxy) is 2. The Bertz CT molecular complexity index is 468. The molecular formula is C17H24O4. The fraction of sp³-hybridized carbons (Fsp3) is 0.529. The number of ketones is 1. The molecule has 0 saturated heterocycles. The molecule has 1 unspecified atom stereocenters. The van der Waals surface area contributed by atoms with Crippen molar-refractivity contribution in [3.05, 3.63) is 29.8 Å². The van der Waals surface area contributed by atoms with Crippen LogP contribution in [0.4, 0.5) is 0 Å². The Balaban J connectivity index is 2.28. The molecule has 4 nitrogen and oxygen atoms in total. The van der Waals surface area contributed by atoms with Gasteiger partial charge in [0, 0.05) is 0 Å². The van der Waals surface area contributed by atoms with Crippen molar-refractivity contribution in [3.63, 3.8) is 0 Å². The highest BCUT2D eigenvalue weighted by atomic mass is 16.5. The van der Waals surface area contributed by atoms with Crippen LogP contribution in [0.3, 0.4) is 0 Å². The quantitative estimate of drug-likeness (QED) is 0.398. The summed E-state index contributed by atoms with van der Waals surface area (Å²) < 4.78 is 10.5. The minimum atomic E-state index is -0.635. The van der Waals surface area contributed by atoms with Gasteiger partial charge in [-0.3, -0.25) is 9.59 Å². The molecule has 0 aliphatic heterocycles. The van der Waals surface area contributed by atoms with E-state index in [4.69, 9.17) is 9.47 Å². The van der Waals surface area contributed by atoms with Crippen LogP contribution in [-0.2, 0) is 14.3 Å². The van der Waals surface area contributed by atoms with Crippen molar-refractivity contribution in [3.8, 4) is 5.75 Å². The number of hydrogen-bond acceptors (Lipinski definition) is 4. The number of hydrogen-bond donors (Lipinski definition) is 0. The van der Waals surface area contributed by atoms with E-state index < -0.39 is 11.9 Å². The van der Waals surface area contributed by atoms with Crippen molar-refractivity contribution < 1.29 is 19.1 Å². The van der Waals surface area contributed by atoms with E-state index in [-0.39, 0.29) is 5.78 Å². The Kier molecular flexibility index (Phi) is 7.51. The van der Waals surface area contributed by atoms with Crippen LogP contribution in [0, 0.1) is 12.8 Å². The van der Waals surface area contributed by atoms with Gasteiger partial charge < -0.3 is 9.47 Å². The van der Waals surface area contributed by atoms with Crippen LogP contribution >= 0.6 is 0 Å². The molecule has 0 saturated carbocycles. The highest BCUT2D eigenvalue weighted by Gasteiger charge is 2.23. The van der Waals surface area contributed by atoms with Crippen LogP contribution < -0.4 is 4.74 Å². The Morgan fingerprint density at radius 1 is 1.24 bits per heavy atom. The summed E-state index contributed by atoms with van der Waals surface area (Å²) in [7, 11) is 0. The molecule has 0 aliphatic carbocycles. The standard InChI is InChI=1S/C17H24O4/c1-4-20-17(19)16(14(3)18)10-5-6-11-21-15-9-7-8-13(2)12-15/h7-9,12,16H,4-6,10-11H2,1-3H3. The van der Waals surface area contributed by atoms with Crippen LogP contribution in [0.5, 0.6) is 5.75 Å². The Hall–Kier alpha value is -1.84. The maximum atomic E-state index is 11.6. The van der Waals surface area contributed by atoms with E-state index in [1.54, 1.807) is 6.92 Å². The summed E-state index contributed by atoms with van der Waals surface area (Å²) in [5, 5.41) is 0. The average Bonchev–Trinajstić information content (AvgIpc) is 2.42. The molecule has 0 fully saturated rings. The van der Waals surface area contributed by atoms with Crippen LogP contribution in [0.2, 0.25) is 0 Å². The first kappa shape index (κ1) is 17.2. The number of Topliss-reactive ketones (excluding diaryl/α,β-unsaturated/α-hetero) is 1. The van der Waals surface area contributed by atoms with Gasteiger partial charge in [0.1, 0.15) is 17.5 Å². The second-order valence-electron chi connectivity index (χ2n) is 5.08. The van der Waals surface area contributed by atoms with Crippen LogP contribution in [0.15, 0.2) is 24.3 Å². The smallest absolute Gasteiger partial charge is 0.316 e. The molecule has 1 aromatic rings. The van der Waals surface area contributed by atoms with E-state index >= 15 is 0 Å². The van der Waals surface area contributed by atoms with Gasteiger partial charge in [0.2, 0.25) is 0 Å². The third-order valence-electron chi connectivity index (χ3n) is 3.21. The molecule has 1 aromatic carbocycles. The first-order valence-corrected chi connectivity index (χ1v) is 7.41. The summed E-state index contributed by atoms with van der Waals surface area (Å²) in [6.45, 7) is 6.08. The zero-order valence-corrected chi connectivity index (χ0v) is 13.1. The summed E-state index contributed by atoms with van der Waals surface area (Å²) >= 11 is 0. The second kappa shape index (κ2) is 9.16. The Morgan fingerprint density at radius 3 is 2.62 bits per heavy atom. The molecule has 0 radical (unpaired) electrons. The van der Waals surface area contributed by atoms with Gasteiger partial charge in [-0.1, -0.05) is 12.1 Å². The van der Waals surface area contributed by atoms with E-state index in [1.807, 2.05) is 31.2 Å². The van der Waals surface area contributed by atoms with Gasteiger partial charge in [-0.15, -0.1) is 0 Å². The van der Waals surface area contributed by atoms with Crippen molar-refractivity contribution in [2.45, 2.75) is 40.0 Å². The van der Waals surface area contributed by atoms with Gasteiger partial charge in [0.05, 0.1) is 13.2 Å². The number of carbonyl (C=O) groups is 2. The molecule has 116 valence electrons. The van der Waals surface area contributed by atoms with Gasteiger partial charge >= 0.3 is 5.97 Å². The SMILES string of the molecule is CCOC(=O)C(CCCCOc1cccc(C)c1)C(C)=O. The third kappa shape index (κ3) is 6.43.